The summed E-state index contributed by atoms with van der Waals surface area (Å²) in [5, 5.41) is 0. The Morgan fingerprint density at radius 3 is 0.800 bits per heavy atom. The van der Waals surface area contributed by atoms with Gasteiger partial charge in [-0.1, -0.05) is 179 Å². The van der Waals surface area contributed by atoms with Gasteiger partial charge < -0.3 is 0 Å². The van der Waals surface area contributed by atoms with Gasteiger partial charge in [-0.3, -0.25) is 0 Å². The monoisotopic (exact) mass is 429 g/mol. The van der Waals surface area contributed by atoms with Crippen molar-refractivity contribution in [1.29, 1.82) is 0 Å². The number of hydrogen-bond acceptors (Lipinski definition) is 0. The predicted molar refractivity (Wildman–Crippen MR) is 147 cm³/mol. The number of rotatable bonds is 15. The summed E-state index contributed by atoms with van der Waals surface area (Å²) >= 11 is 0. The molecular weight excluding hydrogens is 360 g/mol. The third-order valence-electron chi connectivity index (χ3n) is 5.11. The van der Waals surface area contributed by atoms with E-state index in [-0.39, 0.29) is 0 Å². The molecule has 0 rings (SSSR count). The average Bonchev–Trinajstić information content (AvgIpc) is 2.69. The van der Waals surface area contributed by atoms with Crippen LogP contribution >= 0.6 is 0 Å². The van der Waals surface area contributed by atoms with Crippen LogP contribution in [0.5, 0.6) is 0 Å². The zero-order chi connectivity index (χ0) is 24.0. The van der Waals surface area contributed by atoms with Gasteiger partial charge in [0, 0.05) is 0 Å². The van der Waals surface area contributed by atoms with Gasteiger partial charge in [0.15, 0.2) is 0 Å². The normalized spacial score (nSPS) is 10.2. The summed E-state index contributed by atoms with van der Waals surface area (Å²) in [6.45, 7) is 24.9. The first-order valence-corrected chi connectivity index (χ1v) is 14.2. The maximum atomic E-state index is 2.30. The van der Waals surface area contributed by atoms with Gasteiger partial charge in [0.05, 0.1) is 0 Å². The van der Waals surface area contributed by atoms with E-state index >= 15 is 0 Å². The second-order valence-electron chi connectivity index (χ2n) is 10.4. The van der Waals surface area contributed by atoms with Crippen molar-refractivity contribution < 1.29 is 0 Å². The molecular formula is C30H68. The van der Waals surface area contributed by atoms with Crippen LogP contribution in [0.25, 0.3) is 0 Å². The largest absolute Gasteiger partial charge is 0.0654 e. The minimum atomic E-state index is 0.903. The van der Waals surface area contributed by atoms with Crippen LogP contribution in [0.1, 0.15) is 179 Å². The van der Waals surface area contributed by atoms with E-state index in [4.69, 9.17) is 0 Å². The van der Waals surface area contributed by atoms with Crippen LogP contribution in [0.4, 0.5) is 0 Å². The molecule has 0 fully saturated rings. The van der Waals surface area contributed by atoms with Crippen molar-refractivity contribution in [2.24, 2.45) is 17.8 Å². The Morgan fingerprint density at radius 1 is 0.300 bits per heavy atom. The fourth-order valence-corrected chi connectivity index (χ4v) is 2.89. The number of unbranched alkanes of at least 4 members (excludes halogenated alkanes) is 9. The van der Waals surface area contributed by atoms with Gasteiger partial charge in [0.2, 0.25) is 0 Å². The zero-order valence-corrected chi connectivity index (χ0v) is 24.0. The molecule has 30 heavy (non-hydrogen) atoms. The molecule has 0 heteroatoms. The quantitative estimate of drug-likeness (QED) is 0.227. The fourth-order valence-electron chi connectivity index (χ4n) is 2.89. The highest BCUT2D eigenvalue weighted by atomic mass is 14.0. The molecule has 0 radical (unpaired) electrons. The highest BCUT2D eigenvalue weighted by Gasteiger charge is 1.92. The van der Waals surface area contributed by atoms with Crippen LogP contribution < -0.4 is 0 Å². The van der Waals surface area contributed by atoms with Gasteiger partial charge in [-0.05, 0) is 17.8 Å². The SMILES string of the molecule is CCCCC(C)C.CCCCCC.CCCCCC(C)C.CCCCCCC(C)C. The van der Waals surface area contributed by atoms with E-state index in [0.29, 0.717) is 0 Å². The van der Waals surface area contributed by atoms with Crippen molar-refractivity contribution >= 4 is 0 Å². The molecule has 0 amide bonds. The molecule has 0 aliphatic carbocycles. The minimum absolute atomic E-state index is 0.903. The summed E-state index contributed by atoms with van der Waals surface area (Å²) < 4.78 is 0. The fraction of sp³-hybridized carbons (Fsp3) is 1.00. The van der Waals surface area contributed by atoms with E-state index in [1.807, 2.05) is 0 Å². The smallest absolute Gasteiger partial charge is 0.0471 e. The highest BCUT2D eigenvalue weighted by Crippen LogP contribution is 2.09. The van der Waals surface area contributed by atoms with Crippen LogP contribution in [-0.2, 0) is 0 Å². The Balaban J connectivity index is -0.000000152. The van der Waals surface area contributed by atoms with Crippen LogP contribution in [0.3, 0.4) is 0 Å². The maximum absolute atomic E-state index is 2.30. The van der Waals surface area contributed by atoms with Crippen LogP contribution in [-0.4, -0.2) is 0 Å². The lowest BCUT2D eigenvalue weighted by molar-refractivity contribution is 0.525. The van der Waals surface area contributed by atoms with E-state index in [2.05, 4.69) is 76.2 Å². The van der Waals surface area contributed by atoms with Gasteiger partial charge in [-0.2, -0.15) is 0 Å². The first kappa shape index (κ1) is 37.3. The summed E-state index contributed by atoms with van der Waals surface area (Å²) in [5.74, 6) is 2.71. The van der Waals surface area contributed by atoms with Crippen molar-refractivity contribution in [3.63, 3.8) is 0 Å². The molecule has 0 aromatic rings. The predicted octanol–water partition coefficient (Wildman–Crippen LogP) is 12.3. The third kappa shape index (κ3) is 63.0. The Morgan fingerprint density at radius 2 is 0.533 bits per heavy atom. The molecule has 0 atom stereocenters. The van der Waals surface area contributed by atoms with Crippen molar-refractivity contribution in [2.75, 3.05) is 0 Å². The summed E-state index contributed by atoms with van der Waals surface area (Å²) in [4.78, 5) is 0. The Bertz CT molecular complexity index is 222. The highest BCUT2D eigenvalue weighted by molar-refractivity contribution is 4.46. The second kappa shape index (κ2) is 36.4. The Labute approximate surface area is 196 Å². The lowest BCUT2D eigenvalue weighted by Crippen LogP contribution is -1.86. The van der Waals surface area contributed by atoms with Gasteiger partial charge in [-0.25, -0.2) is 0 Å². The first-order chi connectivity index (χ1) is 14.2. The van der Waals surface area contributed by atoms with E-state index < -0.39 is 0 Å². The standard InChI is InChI=1S/C9H20.C8H18.C7H16.C6H14/c1-4-5-6-7-8-9(2)3;1-4-5-6-7-8(2)3;1-4-5-6-7(2)3;1-3-5-6-4-2/h9H,4-8H2,1-3H3;8H,4-7H2,1-3H3;7H,4-6H2,1-3H3;3-6H2,1-2H3. The zero-order valence-electron chi connectivity index (χ0n) is 24.0. The van der Waals surface area contributed by atoms with Crippen molar-refractivity contribution in [2.45, 2.75) is 179 Å². The molecule has 0 aromatic carbocycles. The molecule has 0 spiro atoms. The third-order valence-corrected chi connectivity index (χ3v) is 5.11. The van der Waals surface area contributed by atoms with Crippen molar-refractivity contribution in [1.82, 2.24) is 0 Å². The molecule has 0 saturated heterocycles. The van der Waals surface area contributed by atoms with Gasteiger partial charge in [0.25, 0.3) is 0 Å². The molecule has 0 saturated carbocycles. The summed E-state index contributed by atoms with van der Waals surface area (Å²) in [7, 11) is 0. The second-order valence-corrected chi connectivity index (χ2v) is 10.4. The molecule has 0 heterocycles. The molecule has 0 unspecified atom stereocenters. The molecule has 0 nitrogen and oxygen atoms in total. The molecule has 0 aliphatic rings. The van der Waals surface area contributed by atoms with Gasteiger partial charge in [0.1, 0.15) is 0 Å². The topological polar surface area (TPSA) is 0 Å². The Hall–Kier alpha value is 0. The molecule has 0 N–H and O–H groups in total. The van der Waals surface area contributed by atoms with Crippen LogP contribution in [0, 0.1) is 17.8 Å². The summed E-state index contributed by atoms with van der Waals surface area (Å²) in [5.41, 5.74) is 0. The lowest BCUT2D eigenvalue weighted by atomic mass is 10.1. The van der Waals surface area contributed by atoms with E-state index in [1.165, 1.54) is 103 Å². The van der Waals surface area contributed by atoms with Crippen LogP contribution in [0.2, 0.25) is 0 Å². The first-order valence-electron chi connectivity index (χ1n) is 14.2. The summed E-state index contributed by atoms with van der Waals surface area (Å²) in [6.07, 6.45) is 22.4. The van der Waals surface area contributed by atoms with E-state index in [0.717, 1.165) is 17.8 Å². The van der Waals surface area contributed by atoms with Crippen molar-refractivity contribution in [3.05, 3.63) is 0 Å². The maximum Gasteiger partial charge on any atom is -0.0471 e. The molecule has 188 valence electrons. The van der Waals surface area contributed by atoms with Crippen molar-refractivity contribution in [3.8, 4) is 0 Å². The van der Waals surface area contributed by atoms with E-state index in [1.54, 1.807) is 0 Å². The van der Waals surface area contributed by atoms with Gasteiger partial charge >= 0.3 is 0 Å². The minimum Gasteiger partial charge on any atom is -0.0654 e. The lowest BCUT2D eigenvalue weighted by Gasteiger charge is -2.01. The summed E-state index contributed by atoms with van der Waals surface area (Å²) in [6, 6.07) is 0. The molecule has 0 aromatic heterocycles. The molecule has 0 bridgehead atoms. The van der Waals surface area contributed by atoms with Crippen LogP contribution in [0.15, 0.2) is 0 Å². The number of hydrogen-bond donors (Lipinski definition) is 0. The average molecular weight is 429 g/mol. The molecule has 0 aliphatic heterocycles. The Kier molecular flexibility index (Phi) is 45.3. The van der Waals surface area contributed by atoms with E-state index in [9.17, 15) is 0 Å². The van der Waals surface area contributed by atoms with Gasteiger partial charge in [-0.15, -0.1) is 0 Å².